The van der Waals surface area contributed by atoms with Gasteiger partial charge in [-0.15, -0.1) is 0 Å². The summed E-state index contributed by atoms with van der Waals surface area (Å²) in [6.07, 6.45) is 3.23. The lowest BCUT2D eigenvalue weighted by molar-refractivity contribution is 0.530. The third-order valence-corrected chi connectivity index (χ3v) is 3.20. The smallest absolute Gasteiger partial charge is 0.223 e. The first kappa shape index (κ1) is 10.2. The van der Waals surface area contributed by atoms with E-state index in [0.717, 1.165) is 16.3 Å². The second kappa shape index (κ2) is 4.10. The lowest BCUT2D eigenvalue weighted by Gasteiger charge is -2.01. The Hall–Kier alpha value is -2.02. The van der Waals surface area contributed by atoms with E-state index in [0.29, 0.717) is 11.4 Å². The number of furan rings is 1. The zero-order chi connectivity index (χ0) is 11.7. The Labute approximate surface area is 101 Å². The molecule has 3 rings (SSSR count). The average molecular weight is 247 g/mol. The van der Waals surface area contributed by atoms with Crippen molar-refractivity contribution in [1.82, 2.24) is 19.9 Å². The molecular formula is C10H9N5OS. The number of nitrogens with one attached hydrogen (secondary N) is 1. The summed E-state index contributed by atoms with van der Waals surface area (Å²) in [5.41, 5.74) is 7.00. The molecule has 3 aromatic heterocycles. The molecule has 0 bridgehead atoms. The number of H-pyrrole nitrogens is 1. The van der Waals surface area contributed by atoms with Crippen molar-refractivity contribution in [3.8, 4) is 0 Å². The van der Waals surface area contributed by atoms with Crippen LogP contribution in [0.3, 0.4) is 0 Å². The Kier molecular flexibility index (Phi) is 2.45. The molecule has 6 nitrogen and oxygen atoms in total. The van der Waals surface area contributed by atoms with Crippen molar-refractivity contribution in [2.75, 3.05) is 5.73 Å². The molecule has 0 aromatic carbocycles. The summed E-state index contributed by atoms with van der Waals surface area (Å²) in [5.74, 6) is 1.81. The molecule has 0 fully saturated rings. The number of anilines is 1. The molecule has 0 saturated heterocycles. The van der Waals surface area contributed by atoms with E-state index in [1.165, 1.54) is 11.8 Å². The molecule has 0 saturated carbocycles. The molecule has 0 aliphatic heterocycles. The minimum absolute atomic E-state index is 0.228. The van der Waals surface area contributed by atoms with E-state index in [-0.39, 0.29) is 5.95 Å². The fraction of sp³-hybridized carbons (Fsp3) is 0.100. The molecular weight excluding hydrogens is 238 g/mol. The van der Waals surface area contributed by atoms with Crippen molar-refractivity contribution < 1.29 is 4.42 Å². The third kappa shape index (κ3) is 1.96. The summed E-state index contributed by atoms with van der Waals surface area (Å²) in [6.45, 7) is 0. The van der Waals surface area contributed by atoms with Gasteiger partial charge in [0.25, 0.3) is 0 Å². The van der Waals surface area contributed by atoms with Gasteiger partial charge >= 0.3 is 0 Å². The first-order valence-electron chi connectivity index (χ1n) is 4.95. The van der Waals surface area contributed by atoms with Crippen molar-refractivity contribution >= 4 is 28.9 Å². The molecule has 0 aliphatic rings. The Morgan fingerprint density at radius 2 is 2.35 bits per heavy atom. The summed E-state index contributed by atoms with van der Waals surface area (Å²) < 4.78 is 5.26. The van der Waals surface area contributed by atoms with Crippen LogP contribution in [-0.4, -0.2) is 19.9 Å². The second-order valence-electron chi connectivity index (χ2n) is 3.36. The number of nitrogen functional groups attached to an aromatic ring is 1. The number of nitrogens with two attached hydrogens (primary N) is 1. The van der Waals surface area contributed by atoms with Crippen LogP contribution in [0, 0.1) is 0 Å². The SMILES string of the molecule is Nc1nc(SCc2ccco2)c2[nH]cnc2n1. The van der Waals surface area contributed by atoms with Gasteiger partial charge < -0.3 is 15.1 Å². The van der Waals surface area contributed by atoms with Gasteiger partial charge in [-0.05, 0) is 12.1 Å². The number of fused-ring (bicyclic) bond motifs is 1. The molecule has 0 amide bonds. The standard InChI is InChI=1S/C10H9N5OS/c11-10-14-8-7(12-5-13-8)9(15-10)17-4-6-2-1-3-16-6/h1-3,5H,4H2,(H3,11,12,13,14,15). The number of thioether (sulfide) groups is 1. The number of imidazole rings is 1. The Bertz CT molecular complexity index is 633. The molecule has 3 N–H and O–H groups in total. The number of hydrogen-bond donors (Lipinski definition) is 2. The Morgan fingerprint density at radius 3 is 3.18 bits per heavy atom. The minimum atomic E-state index is 0.228. The van der Waals surface area contributed by atoms with Gasteiger partial charge in [0.05, 0.1) is 18.3 Å². The van der Waals surface area contributed by atoms with Gasteiger partial charge in [0.15, 0.2) is 5.65 Å². The van der Waals surface area contributed by atoms with Crippen LogP contribution in [0.25, 0.3) is 11.2 Å². The fourth-order valence-electron chi connectivity index (χ4n) is 1.46. The monoisotopic (exact) mass is 247 g/mol. The third-order valence-electron chi connectivity index (χ3n) is 2.20. The number of nitrogens with zero attached hydrogens (tertiary/aromatic N) is 3. The highest BCUT2D eigenvalue weighted by Crippen LogP contribution is 2.26. The van der Waals surface area contributed by atoms with Crippen molar-refractivity contribution in [2.24, 2.45) is 0 Å². The van der Waals surface area contributed by atoms with Crippen LogP contribution in [0.4, 0.5) is 5.95 Å². The molecule has 0 spiro atoms. The zero-order valence-electron chi connectivity index (χ0n) is 8.75. The number of hydrogen-bond acceptors (Lipinski definition) is 6. The molecule has 7 heteroatoms. The molecule has 3 heterocycles. The maximum Gasteiger partial charge on any atom is 0.223 e. The van der Waals surface area contributed by atoms with Crippen molar-refractivity contribution in [3.63, 3.8) is 0 Å². The Balaban J connectivity index is 1.91. The highest BCUT2D eigenvalue weighted by Gasteiger charge is 2.09. The van der Waals surface area contributed by atoms with Gasteiger partial charge in [-0.2, -0.15) is 4.98 Å². The van der Waals surface area contributed by atoms with Gasteiger partial charge in [0.1, 0.15) is 16.3 Å². The quantitative estimate of drug-likeness (QED) is 0.541. The van der Waals surface area contributed by atoms with Crippen LogP contribution in [0.15, 0.2) is 34.2 Å². The fourth-order valence-corrected chi connectivity index (χ4v) is 2.36. The van der Waals surface area contributed by atoms with Crippen molar-refractivity contribution in [3.05, 3.63) is 30.5 Å². The molecule has 0 radical (unpaired) electrons. The Morgan fingerprint density at radius 1 is 1.41 bits per heavy atom. The van der Waals surface area contributed by atoms with Crippen LogP contribution in [-0.2, 0) is 5.75 Å². The van der Waals surface area contributed by atoms with E-state index >= 15 is 0 Å². The molecule has 0 atom stereocenters. The normalized spacial score (nSPS) is 11.1. The summed E-state index contributed by atoms with van der Waals surface area (Å²) >= 11 is 1.53. The first-order chi connectivity index (χ1) is 8.33. The summed E-state index contributed by atoms with van der Waals surface area (Å²) in [7, 11) is 0. The first-order valence-corrected chi connectivity index (χ1v) is 5.93. The predicted molar refractivity (Wildman–Crippen MR) is 64.4 cm³/mol. The number of rotatable bonds is 3. The second-order valence-corrected chi connectivity index (χ2v) is 4.32. The van der Waals surface area contributed by atoms with Gasteiger partial charge in [0, 0.05) is 0 Å². The summed E-state index contributed by atoms with van der Waals surface area (Å²) in [5, 5.41) is 0.779. The molecule has 0 aliphatic carbocycles. The van der Waals surface area contributed by atoms with E-state index in [1.807, 2.05) is 12.1 Å². The maximum atomic E-state index is 5.62. The van der Waals surface area contributed by atoms with Gasteiger partial charge in [0.2, 0.25) is 5.95 Å². The number of aromatic amines is 1. The van der Waals surface area contributed by atoms with Gasteiger partial charge in [-0.3, -0.25) is 0 Å². The van der Waals surface area contributed by atoms with E-state index in [9.17, 15) is 0 Å². The minimum Gasteiger partial charge on any atom is -0.468 e. The van der Waals surface area contributed by atoms with Crippen LogP contribution >= 0.6 is 11.8 Å². The summed E-state index contributed by atoms with van der Waals surface area (Å²) in [6, 6.07) is 3.78. The van der Waals surface area contributed by atoms with Crippen LogP contribution in [0.1, 0.15) is 5.76 Å². The van der Waals surface area contributed by atoms with E-state index in [4.69, 9.17) is 10.2 Å². The van der Waals surface area contributed by atoms with E-state index < -0.39 is 0 Å². The molecule has 0 unspecified atom stereocenters. The van der Waals surface area contributed by atoms with Crippen LogP contribution in [0.5, 0.6) is 0 Å². The largest absolute Gasteiger partial charge is 0.468 e. The van der Waals surface area contributed by atoms with Gasteiger partial charge in [-0.25, -0.2) is 9.97 Å². The topological polar surface area (TPSA) is 93.6 Å². The molecule has 86 valence electrons. The van der Waals surface area contributed by atoms with Crippen LogP contribution < -0.4 is 5.73 Å². The number of aromatic nitrogens is 4. The van der Waals surface area contributed by atoms with E-state index in [2.05, 4.69) is 19.9 Å². The van der Waals surface area contributed by atoms with Crippen molar-refractivity contribution in [1.29, 1.82) is 0 Å². The molecule has 17 heavy (non-hydrogen) atoms. The van der Waals surface area contributed by atoms with Gasteiger partial charge in [-0.1, -0.05) is 11.8 Å². The lowest BCUT2D eigenvalue weighted by Crippen LogP contribution is -1.97. The van der Waals surface area contributed by atoms with Crippen LogP contribution in [0.2, 0.25) is 0 Å². The maximum absolute atomic E-state index is 5.62. The average Bonchev–Trinajstić information content (AvgIpc) is 2.95. The molecule has 3 aromatic rings. The highest BCUT2D eigenvalue weighted by atomic mass is 32.2. The lowest BCUT2D eigenvalue weighted by atomic mass is 10.5. The van der Waals surface area contributed by atoms with E-state index in [1.54, 1.807) is 12.6 Å². The predicted octanol–water partition coefficient (Wildman–Crippen LogP) is 1.82. The highest BCUT2D eigenvalue weighted by molar-refractivity contribution is 7.98. The van der Waals surface area contributed by atoms with Crippen molar-refractivity contribution in [2.45, 2.75) is 10.8 Å². The zero-order valence-corrected chi connectivity index (χ0v) is 9.57. The summed E-state index contributed by atoms with van der Waals surface area (Å²) in [4.78, 5) is 15.3.